The maximum atomic E-state index is 10.4. The number of hydrogen-bond donors (Lipinski definition) is 1. The van der Waals surface area contributed by atoms with Crippen molar-refractivity contribution in [1.82, 2.24) is 4.90 Å². The first kappa shape index (κ1) is 12.8. The SMILES string of the molecule is CC1CCCN1Cc1ccc(C=CC(=O)O)cc1. The molecule has 1 aromatic rings. The van der Waals surface area contributed by atoms with Gasteiger partial charge in [0.15, 0.2) is 0 Å². The Morgan fingerprint density at radius 3 is 2.72 bits per heavy atom. The zero-order valence-corrected chi connectivity index (χ0v) is 10.7. The van der Waals surface area contributed by atoms with Gasteiger partial charge in [-0.1, -0.05) is 24.3 Å². The van der Waals surface area contributed by atoms with Crippen molar-refractivity contribution in [1.29, 1.82) is 0 Å². The topological polar surface area (TPSA) is 40.5 Å². The van der Waals surface area contributed by atoms with Crippen LogP contribution in [0.2, 0.25) is 0 Å². The highest BCUT2D eigenvalue weighted by atomic mass is 16.4. The molecule has 0 amide bonds. The van der Waals surface area contributed by atoms with E-state index in [0.29, 0.717) is 6.04 Å². The smallest absolute Gasteiger partial charge is 0.328 e. The number of likely N-dealkylation sites (tertiary alicyclic amines) is 1. The first-order valence-corrected chi connectivity index (χ1v) is 6.39. The second kappa shape index (κ2) is 5.83. The molecule has 1 atom stereocenters. The summed E-state index contributed by atoms with van der Waals surface area (Å²) in [6.45, 7) is 4.45. The van der Waals surface area contributed by atoms with Gasteiger partial charge in [-0.3, -0.25) is 4.90 Å². The van der Waals surface area contributed by atoms with Gasteiger partial charge in [0.2, 0.25) is 0 Å². The third kappa shape index (κ3) is 3.44. The van der Waals surface area contributed by atoms with Gasteiger partial charge >= 0.3 is 5.97 Å². The lowest BCUT2D eigenvalue weighted by atomic mass is 10.1. The maximum Gasteiger partial charge on any atom is 0.328 e. The van der Waals surface area contributed by atoms with Crippen LogP contribution in [0.3, 0.4) is 0 Å². The Hall–Kier alpha value is -1.61. The highest BCUT2D eigenvalue weighted by Gasteiger charge is 2.19. The van der Waals surface area contributed by atoms with Gasteiger partial charge in [-0.05, 0) is 43.5 Å². The number of nitrogens with zero attached hydrogens (tertiary/aromatic N) is 1. The molecule has 18 heavy (non-hydrogen) atoms. The highest BCUT2D eigenvalue weighted by Crippen LogP contribution is 2.19. The van der Waals surface area contributed by atoms with Crippen LogP contribution in [0.5, 0.6) is 0 Å². The quantitative estimate of drug-likeness (QED) is 0.829. The van der Waals surface area contributed by atoms with Gasteiger partial charge < -0.3 is 5.11 Å². The van der Waals surface area contributed by atoms with E-state index < -0.39 is 5.97 Å². The summed E-state index contributed by atoms with van der Waals surface area (Å²) < 4.78 is 0. The second-order valence-electron chi connectivity index (χ2n) is 4.87. The summed E-state index contributed by atoms with van der Waals surface area (Å²) in [5, 5.41) is 8.55. The van der Waals surface area contributed by atoms with E-state index in [0.717, 1.165) is 18.2 Å². The average Bonchev–Trinajstić information content (AvgIpc) is 2.74. The zero-order chi connectivity index (χ0) is 13.0. The Morgan fingerprint density at radius 2 is 2.17 bits per heavy atom. The lowest BCUT2D eigenvalue weighted by Crippen LogP contribution is -2.26. The fourth-order valence-electron chi connectivity index (χ4n) is 2.36. The molecule has 1 aromatic carbocycles. The van der Waals surface area contributed by atoms with Crippen LogP contribution in [0.15, 0.2) is 30.3 Å². The molecule has 3 heteroatoms. The van der Waals surface area contributed by atoms with Crippen molar-refractivity contribution in [2.45, 2.75) is 32.4 Å². The van der Waals surface area contributed by atoms with Crippen molar-refractivity contribution in [3.8, 4) is 0 Å². The van der Waals surface area contributed by atoms with E-state index in [2.05, 4.69) is 24.0 Å². The summed E-state index contributed by atoms with van der Waals surface area (Å²) in [5.74, 6) is -0.912. The summed E-state index contributed by atoms with van der Waals surface area (Å²) in [5.41, 5.74) is 2.21. The normalized spacial score (nSPS) is 20.6. The molecule has 3 nitrogen and oxygen atoms in total. The average molecular weight is 245 g/mol. The molecule has 1 N–H and O–H groups in total. The van der Waals surface area contributed by atoms with Gasteiger partial charge in [0.25, 0.3) is 0 Å². The number of carbonyl (C=O) groups is 1. The predicted octanol–water partition coefficient (Wildman–Crippen LogP) is 2.77. The fraction of sp³-hybridized carbons (Fsp3) is 0.400. The van der Waals surface area contributed by atoms with Gasteiger partial charge in [-0.2, -0.15) is 0 Å². The summed E-state index contributed by atoms with van der Waals surface area (Å²) in [6.07, 6.45) is 5.36. The van der Waals surface area contributed by atoms with Crippen molar-refractivity contribution < 1.29 is 9.90 Å². The van der Waals surface area contributed by atoms with E-state index in [4.69, 9.17) is 5.11 Å². The molecular weight excluding hydrogens is 226 g/mol. The van der Waals surface area contributed by atoms with Gasteiger partial charge in [0.05, 0.1) is 0 Å². The molecular formula is C15H19NO2. The molecule has 0 saturated carbocycles. The van der Waals surface area contributed by atoms with Crippen LogP contribution in [0, 0.1) is 0 Å². The van der Waals surface area contributed by atoms with Crippen molar-refractivity contribution in [2.75, 3.05) is 6.54 Å². The van der Waals surface area contributed by atoms with E-state index in [9.17, 15) is 4.79 Å². The third-order valence-corrected chi connectivity index (χ3v) is 3.47. The maximum absolute atomic E-state index is 10.4. The Kier molecular flexibility index (Phi) is 4.15. The van der Waals surface area contributed by atoms with Crippen molar-refractivity contribution in [3.05, 3.63) is 41.5 Å². The molecule has 1 saturated heterocycles. The number of carboxylic acid groups (broad SMARTS) is 1. The monoisotopic (exact) mass is 245 g/mol. The minimum atomic E-state index is -0.912. The van der Waals surface area contributed by atoms with E-state index in [-0.39, 0.29) is 0 Å². The van der Waals surface area contributed by atoms with Gasteiger partial charge in [0, 0.05) is 18.7 Å². The first-order valence-electron chi connectivity index (χ1n) is 6.39. The summed E-state index contributed by atoms with van der Waals surface area (Å²) in [6, 6.07) is 8.76. The van der Waals surface area contributed by atoms with Crippen LogP contribution in [-0.2, 0) is 11.3 Å². The fourth-order valence-corrected chi connectivity index (χ4v) is 2.36. The zero-order valence-electron chi connectivity index (χ0n) is 10.7. The lowest BCUT2D eigenvalue weighted by molar-refractivity contribution is -0.131. The van der Waals surface area contributed by atoms with Gasteiger partial charge in [-0.25, -0.2) is 4.79 Å². The predicted molar refractivity (Wildman–Crippen MR) is 72.2 cm³/mol. The Balaban J connectivity index is 1.97. The molecule has 0 radical (unpaired) electrons. The first-order chi connectivity index (χ1) is 8.65. The van der Waals surface area contributed by atoms with Crippen LogP contribution in [-0.4, -0.2) is 28.6 Å². The molecule has 1 aliphatic rings. The van der Waals surface area contributed by atoms with E-state index in [1.165, 1.54) is 24.9 Å². The van der Waals surface area contributed by atoms with E-state index in [1.54, 1.807) is 6.08 Å². The molecule has 1 heterocycles. The van der Waals surface area contributed by atoms with E-state index >= 15 is 0 Å². The van der Waals surface area contributed by atoms with Crippen LogP contribution in [0.1, 0.15) is 30.9 Å². The Morgan fingerprint density at radius 1 is 1.44 bits per heavy atom. The minimum absolute atomic E-state index is 0.677. The van der Waals surface area contributed by atoms with Crippen molar-refractivity contribution in [2.24, 2.45) is 0 Å². The molecule has 1 aliphatic heterocycles. The van der Waals surface area contributed by atoms with Gasteiger partial charge in [-0.15, -0.1) is 0 Å². The van der Waals surface area contributed by atoms with Crippen LogP contribution in [0.4, 0.5) is 0 Å². The third-order valence-electron chi connectivity index (χ3n) is 3.47. The molecule has 1 fully saturated rings. The Labute approximate surface area is 108 Å². The summed E-state index contributed by atoms with van der Waals surface area (Å²) in [4.78, 5) is 12.9. The minimum Gasteiger partial charge on any atom is -0.478 e. The number of aliphatic carboxylic acids is 1. The summed E-state index contributed by atoms with van der Waals surface area (Å²) in [7, 11) is 0. The standard InChI is InChI=1S/C15H19NO2/c1-12-3-2-10-16(12)11-14-6-4-13(5-7-14)8-9-15(17)18/h4-9,12H,2-3,10-11H2,1H3,(H,17,18). The molecule has 2 rings (SSSR count). The number of carboxylic acids is 1. The highest BCUT2D eigenvalue weighted by molar-refractivity contribution is 5.85. The van der Waals surface area contributed by atoms with Crippen LogP contribution in [0.25, 0.3) is 6.08 Å². The molecule has 1 unspecified atom stereocenters. The summed E-state index contributed by atoms with van der Waals surface area (Å²) >= 11 is 0. The molecule has 0 aliphatic carbocycles. The van der Waals surface area contributed by atoms with Gasteiger partial charge in [0.1, 0.15) is 0 Å². The van der Waals surface area contributed by atoms with Crippen molar-refractivity contribution >= 4 is 12.0 Å². The molecule has 0 spiro atoms. The largest absolute Gasteiger partial charge is 0.478 e. The molecule has 96 valence electrons. The number of benzene rings is 1. The Bertz CT molecular complexity index is 436. The lowest BCUT2D eigenvalue weighted by Gasteiger charge is -2.20. The van der Waals surface area contributed by atoms with E-state index in [1.807, 2.05) is 12.1 Å². The number of rotatable bonds is 4. The number of hydrogen-bond acceptors (Lipinski definition) is 2. The van der Waals surface area contributed by atoms with Crippen molar-refractivity contribution in [3.63, 3.8) is 0 Å². The molecule has 0 bridgehead atoms. The van der Waals surface area contributed by atoms with Crippen LogP contribution < -0.4 is 0 Å². The molecule has 0 aromatic heterocycles. The second-order valence-corrected chi connectivity index (χ2v) is 4.87. The van der Waals surface area contributed by atoms with Crippen LogP contribution >= 0.6 is 0 Å².